The van der Waals surface area contributed by atoms with Gasteiger partial charge in [-0.3, -0.25) is 10.1 Å². The topological polar surface area (TPSA) is 106 Å². The van der Waals surface area contributed by atoms with Crippen molar-refractivity contribution in [2.24, 2.45) is 0 Å². The molecule has 0 saturated carbocycles. The molecule has 2 heterocycles. The first-order valence-electron chi connectivity index (χ1n) is 7.84. The van der Waals surface area contributed by atoms with Gasteiger partial charge >= 0.3 is 17.4 Å². The highest BCUT2D eigenvalue weighted by Crippen LogP contribution is 2.34. The smallest absolute Gasteiger partial charge is 0.392 e. The van der Waals surface area contributed by atoms with Crippen molar-refractivity contribution >= 4 is 11.6 Å². The Morgan fingerprint density at radius 2 is 1.75 bits per heavy atom. The number of methoxy groups -OCH3 is 2. The predicted octanol–water partition coefficient (Wildman–Crippen LogP) is 0.451. The van der Waals surface area contributed by atoms with Gasteiger partial charge in [-0.1, -0.05) is 0 Å². The van der Waals surface area contributed by atoms with Gasteiger partial charge in [-0.2, -0.15) is 9.97 Å². The van der Waals surface area contributed by atoms with E-state index < -0.39 is 4.92 Å². The number of hydrogen-bond donors (Lipinski definition) is 1. The van der Waals surface area contributed by atoms with Crippen LogP contribution in [-0.2, 0) is 0 Å². The Labute approximate surface area is 140 Å². The minimum absolute atomic E-state index is 0.117. The largest absolute Gasteiger partial charge is 0.476 e. The molecule has 0 aromatic carbocycles. The molecule has 0 amide bonds. The first-order chi connectivity index (χ1) is 11.5. The Bertz CT molecular complexity index is 537. The molecule has 24 heavy (non-hydrogen) atoms. The molecule has 0 radical (unpaired) electrons. The van der Waals surface area contributed by atoms with Gasteiger partial charge < -0.3 is 24.6 Å². The zero-order valence-electron chi connectivity index (χ0n) is 14.3. The Kier molecular flexibility index (Phi) is 6.50. The lowest BCUT2D eigenvalue weighted by atomic mass is 10.3. The van der Waals surface area contributed by atoms with Gasteiger partial charge in [0.15, 0.2) is 0 Å². The first kappa shape index (κ1) is 18.1. The van der Waals surface area contributed by atoms with Gasteiger partial charge in [0, 0.05) is 32.7 Å². The average molecular weight is 340 g/mol. The Hall–Kier alpha value is -2.20. The van der Waals surface area contributed by atoms with Crippen LogP contribution < -0.4 is 14.8 Å². The molecule has 1 aliphatic heterocycles. The summed E-state index contributed by atoms with van der Waals surface area (Å²) >= 11 is 0. The summed E-state index contributed by atoms with van der Waals surface area (Å²) in [7, 11) is 4.78. The van der Waals surface area contributed by atoms with Crippen molar-refractivity contribution in [3.05, 3.63) is 10.1 Å². The van der Waals surface area contributed by atoms with Crippen LogP contribution in [0, 0.1) is 10.1 Å². The maximum absolute atomic E-state index is 11.1. The van der Waals surface area contributed by atoms with E-state index >= 15 is 0 Å². The summed E-state index contributed by atoms with van der Waals surface area (Å²) in [5.74, 6) is 0.0227. The second-order valence-electron chi connectivity index (χ2n) is 5.60. The van der Waals surface area contributed by atoms with E-state index in [-0.39, 0.29) is 23.4 Å². The lowest BCUT2D eigenvalue weighted by molar-refractivity contribution is -0.387. The zero-order chi connectivity index (χ0) is 17.5. The highest BCUT2D eigenvalue weighted by molar-refractivity contribution is 5.53. The number of nitro groups is 1. The van der Waals surface area contributed by atoms with Crippen molar-refractivity contribution in [3.63, 3.8) is 0 Å². The van der Waals surface area contributed by atoms with Crippen LogP contribution in [0.1, 0.15) is 6.42 Å². The molecule has 134 valence electrons. The van der Waals surface area contributed by atoms with Crippen LogP contribution in [-0.4, -0.2) is 85.2 Å². The molecule has 0 spiro atoms. The molecule has 0 bridgehead atoms. The average Bonchev–Trinajstić information content (AvgIpc) is 2.59. The number of piperazine rings is 1. The van der Waals surface area contributed by atoms with Crippen LogP contribution in [0.25, 0.3) is 0 Å². The number of ether oxygens (including phenoxy) is 2. The third-order valence-corrected chi connectivity index (χ3v) is 3.92. The number of hydrogen-bond acceptors (Lipinski definition) is 9. The molecule has 0 unspecified atom stereocenters. The second kappa shape index (κ2) is 8.60. The fourth-order valence-electron chi connectivity index (χ4n) is 2.51. The number of nitrogens with zero attached hydrogens (tertiary/aromatic N) is 5. The van der Waals surface area contributed by atoms with E-state index in [0.717, 1.165) is 39.1 Å². The molecule has 1 aromatic heterocycles. The number of rotatable bonds is 8. The highest BCUT2D eigenvalue weighted by Gasteiger charge is 2.26. The Balaban J connectivity index is 1.89. The highest BCUT2D eigenvalue weighted by atomic mass is 16.6. The molecule has 0 atom stereocenters. The fourth-order valence-corrected chi connectivity index (χ4v) is 2.51. The third kappa shape index (κ3) is 4.65. The molecule has 0 aliphatic carbocycles. The van der Waals surface area contributed by atoms with Gasteiger partial charge in [-0.15, -0.1) is 0 Å². The van der Waals surface area contributed by atoms with Gasteiger partial charge in [0.05, 0.1) is 19.1 Å². The third-order valence-electron chi connectivity index (χ3n) is 3.92. The van der Waals surface area contributed by atoms with Crippen LogP contribution in [0.4, 0.5) is 11.6 Å². The predicted molar refractivity (Wildman–Crippen MR) is 88.8 cm³/mol. The minimum Gasteiger partial charge on any atom is -0.476 e. The van der Waals surface area contributed by atoms with Gasteiger partial charge in [0.2, 0.25) is 5.95 Å². The van der Waals surface area contributed by atoms with Gasteiger partial charge in [0.25, 0.3) is 0 Å². The summed E-state index contributed by atoms with van der Waals surface area (Å²) in [4.78, 5) is 23.2. The minimum atomic E-state index is -0.616. The summed E-state index contributed by atoms with van der Waals surface area (Å²) in [5.41, 5.74) is -0.372. The molecule has 10 nitrogen and oxygen atoms in total. The van der Waals surface area contributed by atoms with Crippen LogP contribution in [0.3, 0.4) is 0 Å². The number of likely N-dealkylation sites (N-methyl/N-ethyl adjacent to an activating group) is 1. The monoisotopic (exact) mass is 340 g/mol. The molecule has 1 fully saturated rings. The summed E-state index contributed by atoms with van der Waals surface area (Å²) in [6, 6.07) is 0. The Morgan fingerprint density at radius 1 is 1.17 bits per heavy atom. The van der Waals surface area contributed by atoms with Gasteiger partial charge in [0.1, 0.15) is 0 Å². The number of aromatic nitrogens is 2. The van der Waals surface area contributed by atoms with Crippen molar-refractivity contribution in [2.45, 2.75) is 6.42 Å². The van der Waals surface area contributed by atoms with Crippen LogP contribution >= 0.6 is 0 Å². The van der Waals surface area contributed by atoms with E-state index in [1.807, 2.05) is 0 Å². The number of anilines is 1. The summed E-state index contributed by atoms with van der Waals surface area (Å²) in [5, 5.41) is 14.1. The fraction of sp³-hybridized carbons (Fsp3) is 0.714. The first-order valence-corrected chi connectivity index (χ1v) is 7.84. The molecule has 1 aliphatic rings. The van der Waals surface area contributed by atoms with Crippen LogP contribution in [0.5, 0.6) is 11.8 Å². The van der Waals surface area contributed by atoms with E-state index in [1.54, 1.807) is 0 Å². The van der Waals surface area contributed by atoms with Crippen LogP contribution in [0.15, 0.2) is 0 Å². The van der Waals surface area contributed by atoms with Gasteiger partial charge in [-0.25, -0.2) is 0 Å². The molecular formula is C14H24N6O4. The SMILES string of the molecule is COc1nc(NCCCN2CCN(C)CC2)nc(OC)c1[N+](=O)[O-]. The van der Waals surface area contributed by atoms with Crippen LogP contribution in [0.2, 0.25) is 0 Å². The molecule has 1 N–H and O–H groups in total. The second-order valence-corrected chi connectivity index (χ2v) is 5.60. The van der Waals surface area contributed by atoms with Gasteiger partial charge in [-0.05, 0) is 20.0 Å². The molecule has 2 rings (SSSR count). The van der Waals surface area contributed by atoms with Crippen molar-refractivity contribution in [2.75, 3.05) is 65.9 Å². The van der Waals surface area contributed by atoms with E-state index in [2.05, 4.69) is 32.1 Å². The van der Waals surface area contributed by atoms with Crippen molar-refractivity contribution in [1.29, 1.82) is 0 Å². The zero-order valence-corrected chi connectivity index (χ0v) is 14.3. The summed E-state index contributed by atoms with van der Waals surface area (Å²) in [6.07, 6.45) is 0.925. The van der Waals surface area contributed by atoms with E-state index in [9.17, 15) is 10.1 Å². The van der Waals surface area contributed by atoms with E-state index in [1.165, 1.54) is 14.2 Å². The lowest BCUT2D eigenvalue weighted by Crippen LogP contribution is -2.44. The Morgan fingerprint density at radius 3 is 2.25 bits per heavy atom. The van der Waals surface area contributed by atoms with E-state index in [0.29, 0.717) is 6.54 Å². The quantitative estimate of drug-likeness (QED) is 0.410. The summed E-state index contributed by atoms with van der Waals surface area (Å²) in [6.45, 7) is 5.98. The van der Waals surface area contributed by atoms with E-state index in [4.69, 9.17) is 9.47 Å². The van der Waals surface area contributed by atoms with Crippen molar-refractivity contribution in [3.8, 4) is 11.8 Å². The molecule has 1 saturated heterocycles. The molecule has 10 heteroatoms. The maximum atomic E-state index is 11.1. The normalized spacial score (nSPS) is 16.0. The van der Waals surface area contributed by atoms with Crippen molar-refractivity contribution in [1.82, 2.24) is 19.8 Å². The van der Waals surface area contributed by atoms with Crippen molar-refractivity contribution < 1.29 is 14.4 Å². The molecular weight excluding hydrogens is 316 g/mol. The molecule has 1 aromatic rings. The number of nitrogens with one attached hydrogen (secondary N) is 1. The summed E-state index contributed by atoms with van der Waals surface area (Å²) < 4.78 is 9.95. The maximum Gasteiger partial charge on any atom is 0.392 e. The lowest BCUT2D eigenvalue weighted by Gasteiger charge is -2.32. The standard InChI is InChI=1S/C14H24N6O4/c1-18-7-9-19(10-8-18)6-4-5-15-14-16-12(23-2)11(20(21)22)13(17-14)24-3/h4-10H2,1-3H3,(H,15,16,17).